The molecule has 0 fully saturated rings. The highest BCUT2D eigenvalue weighted by Crippen LogP contribution is 2.18. The molecule has 0 amide bonds. The summed E-state index contributed by atoms with van der Waals surface area (Å²) < 4.78 is 33.4. The van der Waals surface area contributed by atoms with Crippen LogP contribution in [-0.4, -0.2) is 24.7 Å². The fourth-order valence-electron chi connectivity index (χ4n) is 2.14. The van der Waals surface area contributed by atoms with E-state index in [9.17, 15) is 8.42 Å². The molecule has 0 saturated carbocycles. The van der Waals surface area contributed by atoms with Gasteiger partial charge in [0.25, 0.3) is 0 Å². The summed E-state index contributed by atoms with van der Waals surface area (Å²) in [5.41, 5.74) is 1.69. The van der Waals surface area contributed by atoms with Crippen molar-refractivity contribution >= 4 is 16.1 Å². The van der Waals surface area contributed by atoms with Gasteiger partial charge in [-0.2, -0.15) is 5.10 Å². The lowest BCUT2D eigenvalue weighted by molar-refractivity contribution is 0.567. The summed E-state index contributed by atoms with van der Waals surface area (Å²) in [5.74, 6) is 0.729. The molecule has 0 saturated heterocycles. The van der Waals surface area contributed by atoms with Crippen LogP contribution in [0.5, 0.6) is 0 Å². The Morgan fingerprint density at radius 3 is 2.75 bits per heavy atom. The third kappa shape index (κ3) is 4.43. The molecular formula is C17H17N3O3S. The summed E-state index contributed by atoms with van der Waals surface area (Å²) >= 11 is 0. The Morgan fingerprint density at radius 2 is 2.00 bits per heavy atom. The summed E-state index contributed by atoms with van der Waals surface area (Å²) in [6.07, 6.45) is 6.65. The molecule has 124 valence electrons. The number of aromatic nitrogens is 2. The molecule has 3 aromatic rings. The summed E-state index contributed by atoms with van der Waals surface area (Å²) in [4.78, 5) is 0. The zero-order valence-corrected chi connectivity index (χ0v) is 13.7. The summed E-state index contributed by atoms with van der Waals surface area (Å²) in [6.45, 7) is 0.680. The highest BCUT2D eigenvalue weighted by Gasteiger charge is 2.06. The van der Waals surface area contributed by atoms with Gasteiger partial charge in [0.05, 0.1) is 24.6 Å². The fourth-order valence-corrected chi connectivity index (χ4v) is 2.95. The van der Waals surface area contributed by atoms with Gasteiger partial charge in [0.1, 0.15) is 5.76 Å². The average Bonchev–Trinajstić information content (AvgIpc) is 3.25. The van der Waals surface area contributed by atoms with Crippen LogP contribution in [0.4, 0.5) is 0 Å². The van der Waals surface area contributed by atoms with Crippen LogP contribution < -0.4 is 4.72 Å². The van der Waals surface area contributed by atoms with E-state index in [1.54, 1.807) is 29.3 Å². The lowest BCUT2D eigenvalue weighted by Crippen LogP contribution is -2.25. The Hall–Kier alpha value is -2.64. The zero-order valence-electron chi connectivity index (χ0n) is 12.9. The first kappa shape index (κ1) is 16.2. The number of nitrogens with zero attached hydrogens (tertiary/aromatic N) is 2. The van der Waals surface area contributed by atoms with E-state index in [4.69, 9.17) is 4.42 Å². The van der Waals surface area contributed by atoms with Crippen LogP contribution in [0, 0.1) is 0 Å². The first-order valence-corrected chi connectivity index (χ1v) is 8.96. The van der Waals surface area contributed by atoms with Gasteiger partial charge in [0, 0.05) is 18.1 Å². The number of nitrogens with one attached hydrogen (secondary N) is 1. The maximum Gasteiger partial charge on any atom is 0.233 e. The molecule has 0 bridgehead atoms. The van der Waals surface area contributed by atoms with Crippen molar-refractivity contribution in [3.8, 4) is 11.3 Å². The maximum atomic E-state index is 11.9. The van der Waals surface area contributed by atoms with Crippen LogP contribution in [0.2, 0.25) is 0 Å². The highest BCUT2D eigenvalue weighted by molar-refractivity contribution is 7.92. The van der Waals surface area contributed by atoms with Gasteiger partial charge >= 0.3 is 0 Å². The molecule has 0 radical (unpaired) electrons. The molecule has 2 aromatic heterocycles. The minimum Gasteiger partial charge on any atom is -0.464 e. The topological polar surface area (TPSA) is 77.1 Å². The van der Waals surface area contributed by atoms with Crippen molar-refractivity contribution in [1.29, 1.82) is 0 Å². The van der Waals surface area contributed by atoms with Crippen LogP contribution >= 0.6 is 0 Å². The van der Waals surface area contributed by atoms with Gasteiger partial charge in [-0.05, 0) is 23.8 Å². The van der Waals surface area contributed by atoms with Crippen LogP contribution in [0.25, 0.3) is 17.4 Å². The second-order valence-corrected chi connectivity index (χ2v) is 6.77. The third-order valence-corrected chi connectivity index (χ3v) is 4.42. The fraction of sp³-hybridized carbons (Fsp3) is 0.118. The van der Waals surface area contributed by atoms with E-state index in [0.717, 1.165) is 16.9 Å². The SMILES string of the molecule is O=S(=O)(/C=C/c1ccccc1)NCCn1cc(-c2ccco2)cn1. The third-order valence-electron chi connectivity index (χ3n) is 3.32. The molecule has 1 aromatic carbocycles. The van der Waals surface area contributed by atoms with Crippen molar-refractivity contribution in [2.75, 3.05) is 6.54 Å². The van der Waals surface area contributed by atoms with Crippen molar-refractivity contribution in [1.82, 2.24) is 14.5 Å². The van der Waals surface area contributed by atoms with Gasteiger partial charge in [-0.3, -0.25) is 4.68 Å². The largest absolute Gasteiger partial charge is 0.464 e. The number of hydrogen-bond acceptors (Lipinski definition) is 4. The van der Waals surface area contributed by atoms with Crippen LogP contribution in [0.15, 0.2) is 70.9 Å². The highest BCUT2D eigenvalue weighted by atomic mass is 32.2. The predicted molar refractivity (Wildman–Crippen MR) is 92.3 cm³/mol. The van der Waals surface area contributed by atoms with E-state index in [2.05, 4.69) is 9.82 Å². The van der Waals surface area contributed by atoms with E-state index in [-0.39, 0.29) is 6.54 Å². The van der Waals surface area contributed by atoms with Gasteiger partial charge in [-0.1, -0.05) is 30.3 Å². The lowest BCUT2D eigenvalue weighted by Gasteiger charge is -2.03. The van der Waals surface area contributed by atoms with Crippen molar-refractivity contribution < 1.29 is 12.8 Å². The second kappa shape index (κ2) is 7.29. The molecule has 3 rings (SSSR count). The molecule has 0 aliphatic heterocycles. The molecule has 0 aliphatic rings. The van der Waals surface area contributed by atoms with Gasteiger partial charge in [0.2, 0.25) is 10.0 Å². The molecule has 2 heterocycles. The smallest absolute Gasteiger partial charge is 0.233 e. The molecule has 6 nitrogen and oxygen atoms in total. The predicted octanol–water partition coefficient (Wildman–Crippen LogP) is 2.73. The minimum absolute atomic E-state index is 0.251. The van der Waals surface area contributed by atoms with Gasteiger partial charge < -0.3 is 4.42 Å². The molecule has 0 aliphatic carbocycles. The summed E-state index contributed by atoms with van der Waals surface area (Å²) in [6, 6.07) is 12.9. The standard InChI is InChI=1S/C17H17N3O3S/c21-24(22,12-8-15-5-2-1-3-6-15)19-9-10-20-14-16(13-18-20)17-7-4-11-23-17/h1-8,11-14,19H,9-10H2/b12-8+. The first-order valence-electron chi connectivity index (χ1n) is 7.41. The second-order valence-electron chi connectivity index (χ2n) is 5.12. The Balaban J connectivity index is 1.53. The monoisotopic (exact) mass is 343 g/mol. The number of benzene rings is 1. The summed E-state index contributed by atoms with van der Waals surface area (Å²) in [7, 11) is -3.48. The van der Waals surface area contributed by atoms with Crippen LogP contribution in [0.1, 0.15) is 5.56 Å². The number of rotatable bonds is 7. The van der Waals surface area contributed by atoms with E-state index in [0.29, 0.717) is 6.54 Å². The number of sulfonamides is 1. The van der Waals surface area contributed by atoms with Gasteiger partial charge in [-0.25, -0.2) is 13.1 Å². The van der Waals surface area contributed by atoms with E-state index < -0.39 is 10.0 Å². The molecule has 7 heteroatoms. The normalized spacial score (nSPS) is 12.0. The first-order chi connectivity index (χ1) is 11.6. The molecule has 0 atom stereocenters. The molecule has 1 N–H and O–H groups in total. The van der Waals surface area contributed by atoms with Crippen LogP contribution in [0.3, 0.4) is 0 Å². The maximum absolute atomic E-state index is 11.9. The molecule has 0 spiro atoms. The molecule has 24 heavy (non-hydrogen) atoms. The van der Waals surface area contributed by atoms with E-state index >= 15 is 0 Å². The number of hydrogen-bond donors (Lipinski definition) is 1. The average molecular weight is 343 g/mol. The zero-order chi connectivity index (χ0) is 16.8. The van der Waals surface area contributed by atoms with E-state index in [1.165, 1.54) is 5.41 Å². The number of furan rings is 1. The van der Waals surface area contributed by atoms with Crippen molar-refractivity contribution in [2.24, 2.45) is 0 Å². The quantitative estimate of drug-likeness (QED) is 0.715. The van der Waals surface area contributed by atoms with E-state index in [1.807, 2.05) is 42.6 Å². The Labute approximate surface area is 140 Å². The van der Waals surface area contributed by atoms with Crippen molar-refractivity contribution in [2.45, 2.75) is 6.54 Å². The minimum atomic E-state index is -3.48. The Kier molecular flexibility index (Phi) is 4.93. The van der Waals surface area contributed by atoms with Gasteiger partial charge in [0.15, 0.2) is 0 Å². The van der Waals surface area contributed by atoms with Crippen LogP contribution in [-0.2, 0) is 16.6 Å². The van der Waals surface area contributed by atoms with Crippen molar-refractivity contribution in [3.63, 3.8) is 0 Å². The molecular weight excluding hydrogens is 326 g/mol. The summed E-state index contributed by atoms with van der Waals surface area (Å²) in [5, 5.41) is 5.36. The Bertz CT molecular complexity index is 898. The Morgan fingerprint density at radius 1 is 1.17 bits per heavy atom. The van der Waals surface area contributed by atoms with Crippen molar-refractivity contribution in [3.05, 3.63) is 72.1 Å². The molecule has 0 unspecified atom stereocenters. The lowest BCUT2D eigenvalue weighted by atomic mass is 10.2. The van der Waals surface area contributed by atoms with Gasteiger partial charge in [-0.15, -0.1) is 0 Å².